The zero-order valence-electron chi connectivity index (χ0n) is 16.9. The van der Waals surface area contributed by atoms with Gasteiger partial charge in [0.1, 0.15) is 5.82 Å². The number of non-ortho nitro benzene ring substituents is 1. The molecule has 0 bridgehead atoms. The predicted molar refractivity (Wildman–Crippen MR) is 122 cm³/mol. The molecule has 3 aromatic carbocycles. The van der Waals surface area contributed by atoms with Crippen LogP contribution in [-0.4, -0.2) is 23.5 Å². The van der Waals surface area contributed by atoms with Gasteiger partial charge in [0.2, 0.25) is 0 Å². The summed E-state index contributed by atoms with van der Waals surface area (Å²) in [5.74, 6) is -0.475. The van der Waals surface area contributed by atoms with Crippen molar-refractivity contribution >= 4 is 16.8 Å². The van der Waals surface area contributed by atoms with Gasteiger partial charge in [0.25, 0.3) is 11.2 Å². The maximum Gasteiger partial charge on any atom is 0.279 e. The highest BCUT2D eigenvalue weighted by atomic mass is 32.2. The van der Waals surface area contributed by atoms with Gasteiger partial charge >= 0.3 is 0 Å². The van der Waals surface area contributed by atoms with E-state index in [1.54, 1.807) is 24.3 Å². The minimum absolute atomic E-state index is 0.0227. The lowest BCUT2D eigenvalue weighted by molar-refractivity contribution is -0.384. The Morgan fingerprint density at radius 3 is 2.15 bits per heavy atom. The van der Waals surface area contributed by atoms with Crippen LogP contribution in [0, 0.1) is 15.9 Å². The second-order valence-electron chi connectivity index (χ2n) is 7.09. The minimum Gasteiger partial charge on any atom is -0.306 e. The van der Waals surface area contributed by atoms with Gasteiger partial charge in [-0.05, 0) is 41.0 Å². The molecule has 0 aliphatic heterocycles. The van der Waals surface area contributed by atoms with Crippen LogP contribution < -0.4 is 5.56 Å². The molecule has 0 fully saturated rings. The largest absolute Gasteiger partial charge is 0.306 e. The van der Waals surface area contributed by atoms with Crippen LogP contribution in [0.4, 0.5) is 10.1 Å². The number of hydrogen-bond acceptors (Lipinski definition) is 5. The fourth-order valence-electron chi connectivity index (χ4n) is 3.39. The predicted octanol–water partition coefficient (Wildman–Crippen LogP) is 4.34. The van der Waals surface area contributed by atoms with E-state index in [9.17, 15) is 23.5 Å². The standard InChI is InChI=1S/C23H16FN3O5S/c24-18-7-5-17(6-8-18)22-21(16-3-1-15(2-4-16)14-33(31)32)13-25-26(23(22)28)19-9-11-20(12-10-19)27(29)30/h1-13H,14H2,(H,31,32). The van der Waals surface area contributed by atoms with Crippen molar-refractivity contribution in [3.05, 3.63) is 111 Å². The molecule has 10 heteroatoms. The van der Waals surface area contributed by atoms with Gasteiger partial charge in [0, 0.05) is 17.7 Å². The summed E-state index contributed by atoms with van der Waals surface area (Å²) < 4.78 is 34.8. The van der Waals surface area contributed by atoms with Crippen LogP contribution in [0.5, 0.6) is 0 Å². The summed E-state index contributed by atoms with van der Waals surface area (Å²) >= 11 is -1.98. The number of rotatable bonds is 6. The van der Waals surface area contributed by atoms with Gasteiger partial charge in [0.05, 0.1) is 28.1 Å². The lowest BCUT2D eigenvalue weighted by Gasteiger charge is -2.13. The zero-order chi connectivity index (χ0) is 23.5. The third-order valence-electron chi connectivity index (χ3n) is 4.97. The zero-order valence-corrected chi connectivity index (χ0v) is 17.7. The fourth-order valence-corrected chi connectivity index (χ4v) is 3.87. The first-order valence-electron chi connectivity index (χ1n) is 9.63. The average molecular weight is 465 g/mol. The van der Waals surface area contributed by atoms with Crippen molar-refractivity contribution in [1.29, 1.82) is 0 Å². The lowest BCUT2D eigenvalue weighted by Crippen LogP contribution is -2.23. The summed E-state index contributed by atoms with van der Waals surface area (Å²) in [4.78, 5) is 23.9. The molecule has 4 rings (SSSR count). The van der Waals surface area contributed by atoms with E-state index in [2.05, 4.69) is 5.10 Å². The first-order chi connectivity index (χ1) is 15.8. The van der Waals surface area contributed by atoms with Crippen molar-refractivity contribution in [3.8, 4) is 27.9 Å². The molecular weight excluding hydrogens is 449 g/mol. The van der Waals surface area contributed by atoms with Gasteiger partial charge in [-0.2, -0.15) is 9.78 Å². The number of nitrogens with zero attached hydrogens (tertiary/aromatic N) is 3. The fraction of sp³-hybridized carbons (Fsp3) is 0.0435. The Bertz CT molecular complexity index is 1400. The highest BCUT2D eigenvalue weighted by Gasteiger charge is 2.17. The maximum absolute atomic E-state index is 13.5. The second-order valence-corrected chi connectivity index (χ2v) is 8.02. The van der Waals surface area contributed by atoms with Crippen molar-refractivity contribution in [1.82, 2.24) is 9.78 Å². The molecule has 1 aromatic heterocycles. The molecule has 0 aliphatic carbocycles. The molecule has 0 saturated carbocycles. The van der Waals surface area contributed by atoms with Gasteiger partial charge in [-0.1, -0.05) is 36.4 Å². The minimum atomic E-state index is -1.98. The second kappa shape index (κ2) is 9.23. The van der Waals surface area contributed by atoms with Crippen LogP contribution in [0.1, 0.15) is 5.56 Å². The van der Waals surface area contributed by atoms with Crippen molar-refractivity contribution in [2.75, 3.05) is 0 Å². The molecule has 166 valence electrons. The van der Waals surface area contributed by atoms with Gasteiger partial charge in [-0.3, -0.25) is 14.9 Å². The summed E-state index contributed by atoms with van der Waals surface area (Å²) in [6.45, 7) is 0. The molecule has 4 aromatic rings. The van der Waals surface area contributed by atoms with Crippen LogP contribution in [0.3, 0.4) is 0 Å². The van der Waals surface area contributed by atoms with Crippen LogP contribution in [0.15, 0.2) is 83.8 Å². The lowest BCUT2D eigenvalue weighted by atomic mass is 9.96. The molecule has 1 N–H and O–H groups in total. The van der Waals surface area contributed by atoms with E-state index in [4.69, 9.17) is 4.55 Å². The van der Waals surface area contributed by atoms with Gasteiger partial charge in [-0.15, -0.1) is 0 Å². The molecular formula is C23H16FN3O5S. The highest BCUT2D eigenvalue weighted by Crippen LogP contribution is 2.30. The number of benzene rings is 3. The Hall–Kier alpha value is -4.02. The molecule has 1 heterocycles. The third kappa shape index (κ3) is 4.76. The Balaban J connectivity index is 1.87. The number of hydrogen-bond donors (Lipinski definition) is 1. The first kappa shape index (κ1) is 22.2. The van der Waals surface area contributed by atoms with E-state index >= 15 is 0 Å². The SMILES string of the molecule is O=c1c(-c2ccc(F)cc2)c(-c2ccc(CS(=O)O)cc2)cnn1-c1ccc([N+](=O)[O-])cc1. The van der Waals surface area contributed by atoms with Crippen molar-refractivity contribution in [2.24, 2.45) is 0 Å². The highest BCUT2D eigenvalue weighted by molar-refractivity contribution is 7.78. The quantitative estimate of drug-likeness (QED) is 0.257. The molecule has 0 spiro atoms. The van der Waals surface area contributed by atoms with Crippen molar-refractivity contribution in [2.45, 2.75) is 5.75 Å². The van der Waals surface area contributed by atoms with E-state index in [0.29, 0.717) is 27.9 Å². The Morgan fingerprint density at radius 2 is 1.58 bits per heavy atom. The van der Waals surface area contributed by atoms with Crippen molar-refractivity contribution in [3.63, 3.8) is 0 Å². The van der Waals surface area contributed by atoms with E-state index in [1.807, 2.05) is 0 Å². The molecule has 1 atom stereocenters. The number of aromatic nitrogens is 2. The number of halogens is 1. The van der Waals surface area contributed by atoms with Crippen LogP contribution in [-0.2, 0) is 16.8 Å². The Labute approximate surface area is 189 Å². The molecule has 8 nitrogen and oxygen atoms in total. The summed E-state index contributed by atoms with van der Waals surface area (Å²) in [5.41, 5.74) is 2.23. The van der Waals surface area contributed by atoms with E-state index < -0.39 is 27.4 Å². The molecule has 0 saturated heterocycles. The van der Waals surface area contributed by atoms with E-state index in [0.717, 1.165) is 4.68 Å². The van der Waals surface area contributed by atoms with Crippen LogP contribution in [0.25, 0.3) is 27.9 Å². The Morgan fingerprint density at radius 1 is 0.970 bits per heavy atom. The molecule has 0 radical (unpaired) electrons. The van der Waals surface area contributed by atoms with E-state index in [-0.39, 0.29) is 17.0 Å². The first-order valence-corrected chi connectivity index (χ1v) is 10.9. The molecule has 1 unspecified atom stereocenters. The molecule has 0 amide bonds. The van der Waals surface area contributed by atoms with Crippen molar-refractivity contribution < 1.29 is 18.1 Å². The normalized spacial score (nSPS) is 11.8. The summed E-state index contributed by atoms with van der Waals surface area (Å²) in [7, 11) is 0. The number of nitro benzene ring substituents is 1. The van der Waals surface area contributed by atoms with Gasteiger partial charge < -0.3 is 4.55 Å². The van der Waals surface area contributed by atoms with Crippen LogP contribution >= 0.6 is 0 Å². The average Bonchev–Trinajstić information content (AvgIpc) is 2.80. The smallest absolute Gasteiger partial charge is 0.279 e. The third-order valence-corrected chi connectivity index (χ3v) is 5.55. The monoisotopic (exact) mass is 465 g/mol. The van der Waals surface area contributed by atoms with Gasteiger partial charge in [-0.25, -0.2) is 8.60 Å². The summed E-state index contributed by atoms with van der Waals surface area (Å²) in [6.07, 6.45) is 1.49. The summed E-state index contributed by atoms with van der Waals surface area (Å²) in [5, 5.41) is 15.2. The van der Waals surface area contributed by atoms with E-state index in [1.165, 1.54) is 54.7 Å². The number of nitro groups is 1. The summed E-state index contributed by atoms with van der Waals surface area (Å²) in [6, 6.07) is 17.6. The Kier molecular flexibility index (Phi) is 6.20. The van der Waals surface area contributed by atoms with Gasteiger partial charge in [0.15, 0.2) is 11.1 Å². The topological polar surface area (TPSA) is 115 Å². The van der Waals surface area contributed by atoms with Crippen LogP contribution in [0.2, 0.25) is 0 Å². The molecule has 0 aliphatic rings. The maximum atomic E-state index is 13.5. The molecule has 33 heavy (non-hydrogen) atoms.